The quantitative estimate of drug-likeness (QED) is 0.0199. The van der Waals surface area contributed by atoms with Crippen LogP contribution in [-0.2, 0) is 67.3 Å². The first-order chi connectivity index (χ1) is 44.4. The standard InChI is InChI=1S/C60H91N19O13S/c1-32(71-51(85)45-27-36(81)30-78(45)55(89)44-19-9-23-76(44)53(87)39(16-7-21-69-59(64)65)72-49(83)38(61)15-6-20-68-58(62)63)48(82)74-41(28-37-14-10-24-93-37)50(84)75-42(31-80)54(88)77-29-35-13-3-2-11-33(35)25-47(77)56(90)79-43-18-5-4-12-34(43)26-46(79)52(86)73-40(57(91)92)17-8-22-70-60(66)67/h2-3,10-11,13-14,24,32,34,36,38-47,80-81H,4-9,12,15-23,25-31,61H2,1H3,(H,71,85)(H,72,83)(H,73,86)(H,74,82)(H,75,84)(H,91,92)(H4,62,63,68)(H4,64,65,69)(H4,66,67,70)/t32-,34+,36+,38-,39+,40+,41+,42+,43+,44+,45+,46+,47-/m1/s1. The number of nitrogens with zero attached hydrogens (tertiary/aromatic N) is 7. The van der Waals surface area contributed by atoms with E-state index in [0.717, 1.165) is 29.7 Å². The second kappa shape index (κ2) is 33.8. The molecule has 93 heavy (non-hydrogen) atoms. The summed E-state index contributed by atoms with van der Waals surface area (Å²) in [5.41, 5.74) is 40.3. The van der Waals surface area contributed by atoms with Crippen LogP contribution >= 0.6 is 11.3 Å². The Morgan fingerprint density at radius 2 is 1.22 bits per heavy atom. The smallest absolute Gasteiger partial charge is 0.326 e. The molecule has 3 saturated heterocycles. The summed E-state index contributed by atoms with van der Waals surface area (Å²) in [7, 11) is 0. The Hall–Kier alpha value is -8.69. The molecule has 0 unspecified atom stereocenters. The molecule has 1 aliphatic carbocycles. The number of β-amino-alcohol motifs (C(OH)–C–C–N with tert-alkyl or cyclic N) is 1. The Morgan fingerprint density at radius 1 is 0.613 bits per heavy atom. The van der Waals surface area contributed by atoms with Crippen LogP contribution in [0.3, 0.4) is 0 Å². The van der Waals surface area contributed by atoms with E-state index in [0.29, 0.717) is 29.7 Å². The lowest BCUT2D eigenvalue weighted by Gasteiger charge is -2.42. The van der Waals surface area contributed by atoms with Crippen LogP contribution in [0.25, 0.3) is 0 Å². The number of nitrogens with two attached hydrogens (primary N) is 7. The Morgan fingerprint density at radius 3 is 1.85 bits per heavy atom. The van der Waals surface area contributed by atoms with Gasteiger partial charge in [-0.1, -0.05) is 43.2 Å². The molecule has 5 aliphatic rings. The highest BCUT2D eigenvalue weighted by Crippen LogP contribution is 2.41. The number of aliphatic imine (C=N–C) groups is 3. The fourth-order valence-electron chi connectivity index (χ4n) is 13.0. The SMILES string of the molecule is C[C@@H](NC(=O)[C@@H]1C[C@H](O)CN1C(=O)[C@@H]1CCCN1C(=O)[C@H](CCCN=C(N)N)NC(=O)[C@H](N)CCCN=C(N)N)C(=O)N[C@@H](Cc1cccs1)C(=O)N[C@@H](CO)C(=O)N1Cc2ccccc2C[C@@H]1C(=O)N1[C@H](C(=O)N[C@@H](CCCN=C(N)N)C(=O)O)C[C@@H]2CCCC[C@@H]21. The summed E-state index contributed by atoms with van der Waals surface area (Å²) in [6.07, 6.45) is 3.37. The minimum Gasteiger partial charge on any atom is -0.480 e. The first-order valence-electron chi connectivity index (χ1n) is 31.6. The van der Waals surface area contributed by atoms with Crippen LogP contribution in [-0.4, -0.2) is 224 Å². The van der Waals surface area contributed by atoms with Crippen molar-refractivity contribution in [2.24, 2.45) is 61.0 Å². The number of aliphatic carboxylic acids is 1. The fraction of sp³-hybridized carbons (Fsp3) is 0.617. The van der Waals surface area contributed by atoms with Gasteiger partial charge in [0.15, 0.2) is 17.9 Å². The van der Waals surface area contributed by atoms with E-state index in [1.807, 2.05) is 6.07 Å². The van der Waals surface area contributed by atoms with E-state index in [9.17, 15) is 53.7 Å². The zero-order valence-electron chi connectivity index (χ0n) is 52.3. The van der Waals surface area contributed by atoms with Crippen molar-refractivity contribution in [3.8, 4) is 0 Å². The molecule has 0 radical (unpaired) electrons. The van der Waals surface area contributed by atoms with Crippen LogP contribution < -0.4 is 66.7 Å². The van der Waals surface area contributed by atoms with Crippen LogP contribution in [0.1, 0.15) is 113 Å². The number of hydrogen-bond acceptors (Lipinski definition) is 17. The Labute approximate surface area is 542 Å². The monoisotopic (exact) mass is 1320 g/mol. The van der Waals surface area contributed by atoms with Crippen molar-refractivity contribution in [1.82, 2.24) is 46.2 Å². The number of carbonyl (C=O) groups is 10. The van der Waals surface area contributed by atoms with Crippen molar-refractivity contribution in [2.75, 3.05) is 39.3 Å². The van der Waals surface area contributed by atoms with Gasteiger partial charge >= 0.3 is 5.97 Å². The normalized spacial score (nSPS) is 22.6. The van der Waals surface area contributed by atoms with Gasteiger partial charge in [-0.05, 0) is 106 Å². The molecule has 32 nitrogen and oxygen atoms in total. The van der Waals surface area contributed by atoms with E-state index in [4.69, 9.17) is 40.1 Å². The van der Waals surface area contributed by atoms with E-state index in [-0.39, 0.29) is 127 Å². The summed E-state index contributed by atoms with van der Waals surface area (Å²) < 4.78 is 0. The number of fused-ring (bicyclic) bond motifs is 2. The Bertz CT molecular complexity index is 3090. The van der Waals surface area contributed by atoms with Gasteiger partial charge in [-0.15, -0.1) is 11.3 Å². The molecule has 1 aromatic heterocycles. The first kappa shape index (κ1) is 71.7. The molecule has 0 spiro atoms. The van der Waals surface area contributed by atoms with Crippen molar-refractivity contribution in [3.63, 3.8) is 0 Å². The molecular formula is C60H91N19O13S. The van der Waals surface area contributed by atoms with Crippen molar-refractivity contribution >= 4 is 88.3 Å². The van der Waals surface area contributed by atoms with Crippen molar-refractivity contribution in [1.29, 1.82) is 0 Å². The van der Waals surface area contributed by atoms with Gasteiger partial charge in [0.25, 0.3) is 0 Å². The fourth-order valence-corrected chi connectivity index (χ4v) is 13.8. The molecular weight excluding hydrogens is 1230 g/mol. The number of amides is 9. The number of guanidine groups is 3. The number of carbonyl (C=O) groups excluding carboxylic acids is 9. The largest absolute Gasteiger partial charge is 0.480 e. The minimum absolute atomic E-state index is 0.000976. The molecule has 1 saturated carbocycles. The number of likely N-dealkylation sites (tertiary alicyclic amines) is 3. The van der Waals surface area contributed by atoms with E-state index < -0.39 is 138 Å². The Kier molecular flexibility index (Phi) is 26.0. The van der Waals surface area contributed by atoms with Gasteiger partial charge in [-0.2, -0.15) is 0 Å². The average molecular weight is 1320 g/mol. The lowest BCUT2D eigenvalue weighted by Crippen LogP contribution is -2.63. The van der Waals surface area contributed by atoms with Gasteiger partial charge in [-0.25, -0.2) is 4.79 Å². The molecule has 5 heterocycles. The van der Waals surface area contributed by atoms with E-state index in [1.165, 1.54) is 33.0 Å². The van der Waals surface area contributed by atoms with Gasteiger partial charge in [0.2, 0.25) is 53.2 Å². The third kappa shape index (κ3) is 19.2. The number of aliphatic hydroxyl groups is 2. The molecule has 7 rings (SSSR count). The van der Waals surface area contributed by atoms with Crippen molar-refractivity contribution in [2.45, 2.75) is 189 Å². The number of carboxylic acids is 1. The number of rotatable bonds is 30. The molecule has 33 heteroatoms. The number of carboxylic acid groups (broad SMARTS) is 1. The minimum atomic E-state index is -1.67. The second-order valence-corrected chi connectivity index (χ2v) is 25.4. The summed E-state index contributed by atoms with van der Waals surface area (Å²) in [5.74, 6) is -8.34. The Balaban J connectivity index is 1.04. The van der Waals surface area contributed by atoms with Gasteiger partial charge in [0, 0.05) is 69.4 Å². The van der Waals surface area contributed by atoms with Crippen LogP contribution in [0.15, 0.2) is 56.8 Å². The second-order valence-electron chi connectivity index (χ2n) is 24.4. The number of aliphatic hydroxyl groups excluding tert-OH is 2. The first-order valence-corrected chi connectivity index (χ1v) is 32.5. The molecule has 0 bridgehead atoms. The summed E-state index contributed by atoms with van der Waals surface area (Å²) in [6, 6.07) is -2.50. The predicted octanol–water partition coefficient (Wildman–Crippen LogP) is -4.63. The molecule has 2 aromatic rings. The number of hydrogen-bond donors (Lipinski definition) is 15. The molecule has 13 atom stereocenters. The topological polar surface area (TPSA) is 524 Å². The molecule has 9 amide bonds. The zero-order chi connectivity index (χ0) is 67.6. The van der Waals surface area contributed by atoms with Gasteiger partial charge < -0.3 is 102 Å². The third-order valence-corrected chi connectivity index (χ3v) is 18.6. The lowest BCUT2D eigenvalue weighted by atomic mass is 9.84. The van der Waals surface area contributed by atoms with Crippen LogP contribution in [0, 0.1) is 5.92 Å². The summed E-state index contributed by atoms with van der Waals surface area (Å²) in [6.45, 7) is 0.590. The molecule has 510 valence electrons. The van der Waals surface area contributed by atoms with Crippen LogP contribution in [0.4, 0.5) is 0 Å². The lowest BCUT2D eigenvalue weighted by molar-refractivity contribution is -0.153. The number of thiophene rings is 1. The highest BCUT2D eigenvalue weighted by Gasteiger charge is 2.52. The number of benzene rings is 1. The van der Waals surface area contributed by atoms with E-state index >= 15 is 9.59 Å². The summed E-state index contributed by atoms with van der Waals surface area (Å²) in [4.78, 5) is 160. The van der Waals surface area contributed by atoms with Gasteiger partial charge in [-0.3, -0.25) is 58.1 Å². The summed E-state index contributed by atoms with van der Waals surface area (Å²) >= 11 is 1.27. The van der Waals surface area contributed by atoms with Crippen molar-refractivity contribution < 1.29 is 63.3 Å². The molecule has 4 fully saturated rings. The average Bonchev–Trinajstić information content (AvgIpc) is 1.72. The van der Waals surface area contributed by atoms with Crippen LogP contribution in [0.2, 0.25) is 0 Å². The highest BCUT2D eigenvalue weighted by atomic mass is 32.1. The predicted molar refractivity (Wildman–Crippen MR) is 342 cm³/mol. The van der Waals surface area contributed by atoms with E-state index in [2.05, 4.69) is 41.6 Å². The number of nitrogens with one attached hydrogen (secondary N) is 5. The van der Waals surface area contributed by atoms with E-state index in [1.54, 1.807) is 35.7 Å². The maximum atomic E-state index is 15.4. The highest BCUT2D eigenvalue weighted by molar-refractivity contribution is 7.09. The van der Waals surface area contributed by atoms with Gasteiger partial charge in [0.05, 0.1) is 18.8 Å². The molecule has 22 N–H and O–H groups in total. The van der Waals surface area contributed by atoms with Crippen molar-refractivity contribution in [3.05, 3.63) is 57.8 Å². The third-order valence-electron chi connectivity index (χ3n) is 17.7. The molecule has 4 aliphatic heterocycles. The van der Waals surface area contributed by atoms with Gasteiger partial charge in [0.1, 0.15) is 54.4 Å². The summed E-state index contributed by atoms with van der Waals surface area (Å²) in [5, 5.41) is 47.0. The molecule has 1 aromatic carbocycles. The van der Waals surface area contributed by atoms with Crippen LogP contribution in [0.5, 0.6) is 0 Å². The maximum Gasteiger partial charge on any atom is 0.326 e. The maximum absolute atomic E-state index is 15.4. The zero-order valence-corrected chi connectivity index (χ0v) is 53.1.